The van der Waals surface area contributed by atoms with Gasteiger partial charge in [0.25, 0.3) is 0 Å². The molecule has 0 N–H and O–H groups in total. The maximum atomic E-state index is 5.77. The third-order valence-electron chi connectivity index (χ3n) is 2.06. The normalized spacial score (nSPS) is 11.1. The lowest BCUT2D eigenvalue weighted by Crippen LogP contribution is -2.15. The number of benzene rings is 1. The van der Waals surface area contributed by atoms with Crippen molar-refractivity contribution in [1.82, 2.24) is 0 Å². The summed E-state index contributed by atoms with van der Waals surface area (Å²) in [6.45, 7) is 10.7. The third-order valence-corrected chi connectivity index (χ3v) is 2.06. The van der Waals surface area contributed by atoms with Gasteiger partial charge in [0, 0.05) is 0 Å². The molecule has 0 amide bonds. The van der Waals surface area contributed by atoms with Crippen LogP contribution in [0.15, 0.2) is 24.3 Å². The molecule has 0 fully saturated rings. The fourth-order valence-corrected chi connectivity index (χ4v) is 1.44. The van der Waals surface area contributed by atoms with Gasteiger partial charge in [-0.3, -0.25) is 0 Å². The Balaban J connectivity index is 0.00000196. The average Bonchev–Trinajstić information content (AvgIpc) is 2.01. The molecule has 86 valence electrons. The van der Waals surface area contributed by atoms with Crippen LogP contribution in [0.5, 0.6) is 5.75 Å². The minimum absolute atomic E-state index is 0. The van der Waals surface area contributed by atoms with Crippen molar-refractivity contribution in [2.24, 2.45) is 0 Å². The van der Waals surface area contributed by atoms with E-state index in [0.717, 1.165) is 5.75 Å². The second kappa shape index (κ2) is 5.20. The van der Waals surface area contributed by atoms with Gasteiger partial charge in [-0.25, -0.2) is 0 Å². The first kappa shape index (κ1) is 14.0. The van der Waals surface area contributed by atoms with E-state index in [0.29, 0.717) is 0 Å². The van der Waals surface area contributed by atoms with Crippen molar-refractivity contribution in [2.45, 2.75) is 53.6 Å². The van der Waals surface area contributed by atoms with Crippen molar-refractivity contribution in [3.8, 4) is 5.75 Å². The van der Waals surface area contributed by atoms with E-state index in [1.54, 1.807) is 0 Å². The van der Waals surface area contributed by atoms with Gasteiger partial charge in [-0.05, 0) is 30.9 Å². The lowest BCUT2D eigenvalue weighted by Gasteiger charge is -2.23. The predicted molar refractivity (Wildman–Crippen MR) is 67.6 cm³/mol. The summed E-state index contributed by atoms with van der Waals surface area (Å²) >= 11 is 0. The van der Waals surface area contributed by atoms with Gasteiger partial charge in [0.2, 0.25) is 0 Å². The predicted octanol–water partition coefficient (Wildman–Crippen LogP) is 4.41. The van der Waals surface area contributed by atoms with Crippen LogP contribution in [0.4, 0.5) is 0 Å². The smallest absolute Gasteiger partial charge is 0.123 e. The molecule has 0 aromatic heterocycles. The van der Waals surface area contributed by atoms with Crippen LogP contribution >= 0.6 is 0 Å². The first-order chi connectivity index (χ1) is 6.41. The van der Waals surface area contributed by atoms with E-state index in [-0.39, 0.29) is 18.9 Å². The second-order valence-corrected chi connectivity index (χ2v) is 4.91. The van der Waals surface area contributed by atoms with Gasteiger partial charge in [-0.2, -0.15) is 0 Å². The van der Waals surface area contributed by atoms with Crippen LogP contribution in [-0.4, -0.2) is 6.10 Å². The highest BCUT2D eigenvalue weighted by molar-refractivity contribution is 5.38. The number of para-hydroxylation sites is 1. The van der Waals surface area contributed by atoms with Crippen molar-refractivity contribution >= 4 is 0 Å². The van der Waals surface area contributed by atoms with E-state index in [1.165, 1.54) is 5.56 Å². The Morgan fingerprint density at radius 2 is 1.60 bits per heavy atom. The molecule has 15 heavy (non-hydrogen) atoms. The Morgan fingerprint density at radius 1 is 1.07 bits per heavy atom. The molecule has 0 heterocycles. The molecule has 0 radical (unpaired) electrons. The SMILES string of the molecule is C.CC(C)Oc1ccccc1C(C)(C)C. The molecular formula is C14H24O. The quantitative estimate of drug-likeness (QED) is 0.699. The van der Waals surface area contributed by atoms with E-state index in [9.17, 15) is 0 Å². The van der Waals surface area contributed by atoms with Crippen LogP contribution in [0.2, 0.25) is 0 Å². The van der Waals surface area contributed by atoms with Gasteiger partial charge < -0.3 is 4.74 Å². The molecule has 0 aliphatic heterocycles. The molecule has 0 atom stereocenters. The molecule has 0 spiro atoms. The van der Waals surface area contributed by atoms with Crippen LogP contribution in [0, 0.1) is 0 Å². The van der Waals surface area contributed by atoms with E-state index in [2.05, 4.69) is 46.8 Å². The molecule has 1 aromatic carbocycles. The summed E-state index contributed by atoms with van der Waals surface area (Å²) in [5.41, 5.74) is 1.42. The highest BCUT2D eigenvalue weighted by Crippen LogP contribution is 2.31. The van der Waals surface area contributed by atoms with Gasteiger partial charge in [-0.1, -0.05) is 46.4 Å². The molecule has 1 heteroatoms. The van der Waals surface area contributed by atoms with Crippen LogP contribution in [-0.2, 0) is 5.41 Å². The molecule has 0 aliphatic carbocycles. The Kier molecular flexibility index (Phi) is 4.86. The summed E-state index contributed by atoms with van der Waals surface area (Å²) in [5.74, 6) is 1.01. The maximum absolute atomic E-state index is 5.77. The number of rotatable bonds is 2. The van der Waals surface area contributed by atoms with Gasteiger partial charge >= 0.3 is 0 Å². The Labute approximate surface area is 94.5 Å². The van der Waals surface area contributed by atoms with Gasteiger partial charge in [0.05, 0.1) is 6.10 Å². The topological polar surface area (TPSA) is 9.23 Å². The molecule has 1 nitrogen and oxygen atoms in total. The summed E-state index contributed by atoms with van der Waals surface area (Å²) in [7, 11) is 0. The molecular weight excluding hydrogens is 184 g/mol. The Hall–Kier alpha value is -0.980. The van der Waals surface area contributed by atoms with E-state index < -0.39 is 0 Å². The molecule has 1 rings (SSSR count). The zero-order valence-corrected chi connectivity index (χ0v) is 9.79. The minimum atomic E-state index is 0. The monoisotopic (exact) mass is 208 g/mol. The van der Waals surface area contributed by atoms with E-state index >= 15 is 0 Å². The zero-order valence-electron chi connectivity index (χ0n) is 9.79. The van der Waals surface area contributed by atoms with E-state index in [4.69, 9.17) is 4.74 Å². The molecule has 0 bridgehead atoms. The molecule has 1 aromatic rings. The van der Waals surface area contributed by atoms with Crippen molar-refractivity contribution < 1.29 is 4.74 Å². The summed E-state index contributed by atoms with van der Waals surface area (Å²) < 4.78 is 5.77. The summed E-state index contributed by atoms with van der Waals surface area (Å²) in [6.07, 6.45) is 0.235. The lowest BCUT2D eigenvalue weighted by atomic mass is 9.86. The van der Waals surface area contributed by atoms with Crippen LogP contribution in [0.25, 0.3) is 0 Å². The number of hydrogen-bond donors (Lipinski definition) is 0. The molecule has 0 saturated carbocycles. The van der Waals surface area contributed by atoms with Crippen LogP contribution in [0.1, 0.15) is 47.6 Å². The summed E-state index contributed by atoms with van der Waals surface area (Å²) in [4.78, 5) is 0. The first-order valence-corrected chi connectivity index (χ1v) is 5.17. The fraction of sp³-hybridized carbons (Fsp3) is 0.571. The van der Waals surface area contributed by atoms with Crippen molar-refractivity contribution in [3.05, 3.63) is 29.8 Å². The van der Waals surface area contributed by atoms with Gasteiger partial charge in [-0.15, -0.1) is 0 Å². The molecule has 0 saturated heterocycles. The van der Waals surface area contributed by atoms with Crippen molar-refractivity contribution in [2.75, 3.05) is 0 Å². The molecule has 0 aliphatic rings. The molecule has 0 unspecified atom stereocenters. The number of hydrogen-bond acceptors (Lipinski definition) is 1. The Bertz CT molecular complexity index is 294. The maximum Gasteiger partial charge on any atom is 0.123 e. The summed E-state index contributed by atoms with van der Waals surface area (Å²) in [6, 6.07) is 8.26. The largest absolute Gasteiger partial charge is 0.491 e. The van der Waals surface area contributed by atoms with Gasteiger partial charge in [0.1, 0.15) is 5.75 Å². The number of ether oxygens (including phenoxy) is 1. The lowest BCUT2D eigenvalue weighted by molar-refractivity contribution is 0.236. The minimum Gasteiger partial charge on any atom is -0.491 e. The third kappa shape index (κ3) is 3.94. The Morgan fingerprint density at radius 3 is 2.07 bits per heavy atom. The van der Waals surface area contributed by atoms with Crippen LogP contribution in [0.3, 0.4) is 0 Å². The van der Waals surface area contributed by atoms with Gasteiger partial charge in [0.15, 0.2) is 0 Å². The highest BCUT2D eigenvalue weighted by atomic mass is 16.5. The van der Waals surface area contributed by atoms with Crippen LogP contribution < -0.4 is 4.74 Å². The highest BCUT2D eigenvalue weighted by Gasteiger charge is 2.18. The standard InChI is InChI=1S/C13H20O.CH4/c1-10(2)14-12-9-7-6-8-11(12)13(3,4)5;/h6-10H,1-5H3;1H4. The summed E-state index contributed by atoms with van der Waals surface area (Å²) in [5, 5.41) is 0. The van der Waals surface area contributed by atoms with Crippen molar-refractivity contribution in [3.63, 3.8) is 0 Å². The van der Waals surface area contributed by atoms with E-state index in [1.807, 2.05) is 12.1 Å². The first-order valence-electron chi connectivity index (χ1n) is 5.17. The second-order valence-electron chi connectivity index (χ2n) is 4.91. The zero-order chi connectivity index (χ0) is 10.8. The van der Waals surface area contributed by atoms with Crippen molar-refractivity contribution in [1.29, 1.82) is 0 Å². The average molecular weight is 208 g/mol. The fourth-order valence-electron chi connectivity index (χ4n) is 1.44.